The van der Waals surface area contributed by atoms with E-state index in [0.29, 0.717) is 13.2 Å². The molecule has 1 saturated heterocycles. The molecule has 1 spiro atoms. The molecule has 0 aromatic rings. The minimum Gasteiger partial charge on any atom is -0.392 e. The first-order valence-corrected chi connectivity index (χ1v) is 6.42. The molecule has 2 rings (SSSR count). The number of aliphatic hydroxyl groups is 1. The van der Waals surface area contributed by atoms with Crippen LogP contribution in [-0.4, -0.2) is 36.5 Å². The second-order valence-corrected chi connectivity index (χ2v) is 4.96. The molecule has 1 aliphatic heterocycles. The first-order valence-electron chi connectivity index (χ1n) is 6.42. The molecule has 0 bridgehead atoms. The highest BCUT2D eigenvalue weighted by Gasteiger charge is 2.48. The summed E-state index contributed by atoms with van der Waals surface area (Å²) in [5.74, 6) is -1.04. The summed E-state index contributed by atoms with van der Waals surface area (Å²) in [4.78, 5) is 0. The largest absolute Gasteiger partial charge is 0.392 e. The number of hydrogen-bond acceptors (Lipinski definition) is 4. The fraction of sp³-hybridized carbons (Fsp3) is 0.846. The Morgan fingerprint density at radius 2 is 2.00 bits per heavy atom. The SMILES string of the molecule is CC1(OC/C=C\CO)COC2(CCCCC2)O1. The van der Waals surface area contributed by atoms with Gasteiger partial charge in [-0.25, -0.2) is 0 Å². The molecule has 17 heavy (non-hydrogen) atoms. The maximum atomic E-state index is 8.62. The lowest BCUT2D eigenvalue weighted by atomic mass is 9.94. The number of ether oxygens (including phenoxy) is 3. The zero-order valence-corrected chi connectivity index (χ0v) is 10.5. The standard InChI is InChI=1S/C13H22O4/c1-12(15-10-6-5-9-14)11-16-13(17-12)7-3-2-4-8-13/h5-6,14H,2-4,7-11H2,1H3/b6-5-. The van der Waals surface area contributed by atoms with Crippen molar-refractivity contribution in [2.24, 2.45) is 0 Å². The van der Waals surface area contributed by atoms with Crippen molar-refractivity contribution in [1.29, 1.82) is 0 Å². The third-order valence-electron chi connectivity index (χ3n) is 3.37. The van der Waals surface area contributed by atoms with Crippen LogP contribution < -0.4 is 0 Å². The molecule has 1 atom stereocenters. The average Bonchev–Trinajstić information content (AvgIpc) is 2.64. The zero-order valence-electron chi connectivity index (χ0n) is 10.5. The zero-order chi connectivity index (χ0) is 12.2. The fourth-order valence-corrected chi connectivity index (χ4v) is 2.49. The van der Waals surface area contributed by atoms with E-state index >= 15 is 0 Å². The number of aliphatic hydroxyl groups excluding tert-OH is 1. The van der Waals surface area contributed by atoms with Gasteiger partial charge in [0.25, 0.3) is 0 Å². The highest BCUT2D eigenvalue weighted by Crippen LogP contribution is 2.41. The van der Waals surface area contributed by atoms with Crippen molar-refractivity contribution in [3.05, 3.63) is 12.2 Å². The first kappa shape index (κ1) is 13.0. The quantitative estimate of drug-likeness (QED) is 0.766. The molecular formula is C13H22O4. The molecule has 0 amide bonds. The lowest BCUT2D eigenvalue weighted by Crippen LogP contribution is -2.38. The van der Waals surface area contributed by atoms with Crippen LogP contribution in [0.15, 0.2) is 12.2 Å². The predicted octanol–water partition coefficient (Wildman–Crippen LogP) is 1.97. The molecule has 1 saturated carbocycles. The van der Waals surface area contributed by atoms with E-state index in [2.05, 4.69) is 0 Å². The molecule has 1 unspecified atom stereocenters. The Morgan fingerprint density at radius 3 is 2.71 bits per heavy atom. The Labute approximate surface area is 103 Å². The number of rotatable bonds is 4. The first-order chi connectivity index (χ1) is 8.18. The molecule has 4 nitrogen and oxygen atoms in total. The van der Waals surface area contributed by atoms with Crippen LogP contribution in [0.4, 0.5) is 0 Å². The van der Waals surface area contributed by atoms with Gasteiger partial charge in [0, 0.05) is 12.8 Å². The van der Waals surface area contributed by atoms with Gasteiger partial charge in [-0.2, -0.15) is 0 Å². The smallest absolute Gasteiger partial charge is 0.192 e. The molecule has 98 valence electrons. The van der Waals surface area contributed by atoms with Crippen molar-refractivity contribution < 1.29 is 19.3 Å². The molecule has 2 fully saturated rings. The van der Waals surface area contributed by atoms with Crippen LogP contribution in [0.5, 0.6) is 0 Å². The summed E-state index contributed by atoms with van der Waals surface area (Å²) < 4.78 is 17.5. The monoisotopic (exact) mass is 242 g/mol. The van der Waals surface area contributed by atoms with Gasteiger partial charge in [0.15, 0.2) is 11.6 Å². The van der Waals surface area contributed by atoms with Crippen LogP contribution >= 0.6 is 0 Å². The second kappa shape index (κ2) is 5.48. The minimum atomic E-state index is -0.642. The molecule has 0 aromatic carbocycles. The predicted molar refractivity (Wildman–Crippen MR) is 63.4 cm³/mol. The normalized spacial score (nSPS) is 32.6. The minimum absolute atomic E-state index is 0.0430. The molecule has 0 aromatic heterocycles. The lowest BCUT2D eigenvalue weighted by molar-refractivity contribution is -0.263. The lowest BCUT2D eigenvalue weighted by Gasteiger charge is -2.33. The van der Waals surface area contributed by atoms with E-state index in [9.17, 15) is 0 Å². The molecular weight excluding hydrogens is 220 g/mol. The third kappa shape index (κ3) is 3.28. The van der Waals surface area contributed by atoms with E-state index in [-0.39, 0.29) is 6.61 Å². The maximum absolute atomic E-state index is 8.62. The Morgan fingerprint density at radius 1 is 1.24 bits per heavy atom. The van der Waals surface area contributed by atoms with Gasteiger partial charge in [0.1, 0.15) is 6.61 Å². The summed E-state index contributed by atoms with van der Waals surface area (Å²) in [6.45, 7) is 2.89. The summed E-state index contributed by atoms with van der Waals surface area (Å²) in [7, 11) is 0. The summed E-state index contributed by atoms with van der Waals surface area (Å²) >= 11 is 0. The number of hydrogen-bond donors (Lipinski definition) is 1. The van der Waals surface area contributed by atoms with Gasteiger partial charge in [-0.1, -0.05) is 18.6 Å². The van der Waals surface area contributed by atoms with Crippen molar-refractivity contribution >= 4 is 0 Å². The van der Waals surface area contributed by atoms with E-state index < -0.39 is 11.6 Å². The van der Waals surface area contributed by atoms with Gasteiger partial charge in [-0.3, -0.25) is 0 Å². The van der Waals surface area contributed by atoms with Gasteiger partial charge < -0.3 is 19.3 Å². The Balaban J connectivity index is 1.84. The third-order valence-corrected chi connectivity index (χ3v) is 3.37. The summed E-state index contributed by atoms with van der Waals surface area (Å²) in [6.07, 6.45) is 9.00. The van der Waals surface area contributed by atoms with Crippen LogP contribution in [0, 0.1) is 0 Å². The Bertz CT molecular complexity index is 271. The van der Waals surface area contributed by atoms with E-state index in [1.165, 1.54) is 19.3 Å². The molecule has 4 heteroatoms. The van der Waals surface area contributed by atoms with E-state index in [4.69, 9.17) is 19.3 Å². The van der Waals surface area contributed by atoms with Gasteiger partial charge in [0.05, 0.1) is 13.2 Å². The van der Waals surface area contributed by atoms with Crippen LogP contribution in [0.1, 0.15) is 39.0 Å². The van der Waals surface area contributed by atoms with Gasteiger partial charge in [0.2, 0.25) is 0 Å². The van der Waals surface area contributed by atoms with Crippen molar-refractivity contribution in [2.45, 2.75) is 50.6 Å². The van der Waals surface area contributed by atoms with Crippen molar-refractivity contribution in [1.82, 2.24) is 0 Å². The van der Waals surface area contributed by atoms with Crippen LogP contribution in [0.3, 0.4) is 0 Å². The van der Waals surface area contributed by atoms with Gasteiger partial charge in [-0.15, -0.1) is 0 Å². The second-order valence-electron chi connectivity index (χ2n) is 4.96. The molecule has 2 aliphatic rings. The molecule has 1 aliphatic carbocycles. The molecule has 1 heterocycles. The maximum Gasteiger partial charge on any atom is 0.192 e. The molecule has 0 radical (unpaired) electrons. The van der Waals surface area contributed by atoms with E-state index in [1.807, 2.05) is 6.92 Å². The van der Waals surface area contributed by atoms with Crippen LogP contribution in [0.25, 0.3) is 0 Å². The molecule has 1 N–H and O–H groups in total. The highest BCUT2D eigenvalue weighted by atomic mass is 16.8. The van der Waals surface area contributed by atoms with Gasteiger partial charge in [-0.05, 0) is 19.8 Å². The van der Waals surface area contributed by atoms with Crippen molar-refractivity contribution in [3.63, 3.8) is 0 Å². The van der Waals surface area contributed by atoms with Crippen LogP contribution in [-0.2, 0) is 14.2 Å². The van der Waals surface area contributed by atoms with E-state index in [1.54, 1.807) is 12.2 Å². The Kier molecular flexibility index (Phi) is 4.20. The highest BCUT2D eigenvalue weighted by molar-refractivity contribution is 4.86. The van der Waals surface area contributed by atoms with Crippen molar-refractivity contribution in [3.8, 4) is 0 Å². The summed E-state index contributed by atoms with van der Waals surface area (Å²) in [6, 6.07) is 0. The van der Waals surface area contributed by atoms with Gasteiger partial charge >= 0.3 is 0 Å². The van der Waals surface area contributed by atoms with Crippen molar-refractivity contribution in [2.75, 3.05) is 19.8 Å². The Hall–Kier alpha value is -0.420. The average molecular weight is 242 g/mol. The summed E-state index contributed by atoms with van der Waals surface area (Å²) in [5.41, 5.74) is 0. The summed E-state index contributed by atoms with van der Waals surface area (Å²) in [5, 5.41) is 8.62. The van der Waals surface area contributed by atoms with E-state index in [0.717, 1.165) is 12.8 Å². The van der Waals surface area contributed by atoms with Crippen LogP contribution in [0.2, 0.25) is 0 Å². The topological polar surface area (TPSA) is 47.9 Å². The fourth-order valence-electron chi connectivity index (χ4n) is 2.49.